The number of thiazole rings is 1. The Morgan fingerprint density at radius 1 is 1.08 bits per heavy atom. The lowest BCUT2D eigenvalue weighted by Crippen LogP contribution is -2.12. The molecule has 0 saturated heterocycles. The first-order valence-corrected chi connectivity index (χ1v) is 8.87. The smallest absolute Gasteiger partial charge is 0.257 e. The highest BCUT2D eigenvalue weighted by molar-refractivity contribution is 7.15. The van der Waals surface area contributed by atoms with E-state index >= 15 is 0 Å². The summed E-state index contributed by atoms with van der Waals surface area (Å²) in [6, 6.07) is 16.2. The minimum Gasteiger partial charge on any atom is -0.298 e. The summed E-state index contributed by atoms with van der Waals surface area (Å²) in [6.07, 6.45) is 3.73. The lowest BCUT2D eigenvalue weighted by Gasteiger charge is -2.04. The first-order chi connectivity index (χ1) is 11.7. The summed E-state index contributed by atoms with van der Waals surface area (Å²) >= 11 is 1.52. The number of carbonyl (C=O) groups excluding carboxylic acids is 1. The van der Waals surface area contributed by atoms with E-state index in [9.17, 15) is 4.79 Å². The molecule has 0 aliphatic carbocycles. The van der Waals surface area contributed by atoms with Gasteiger partial charge in [0, 0.05) is 23.1 Å². The van der Waals surface area contributed by atoms with Crippen LogP contribution < -0.4 is 5.32 Å². The van der Waals surface area contributed by atoms with Crippen molar-refractivity contribution in [1.29, 1.82) is 0 Å². The van der Waals surface area contributed by atoms with Crippen molar-refractivity contribution in [2.24, 2.45) is 0 Å². The Morgan fingerprint density at radius 2 is 1.79 bits per heavy atom. The number of aryl methyl sites for hydroxylation is 2. The van der Waals surface area contributed by atoms with Crippen molar-refractivity contribution in [3.8, 4) is 0 Å². The Kier molecular flexibility index (Phi) is 5.06. The van der Waals surface area contributed by atoms with Crippen molar-refractivity contribution >= 4 is 22.4 Å². The zero-order chi connectivity index (χ0) is 16.9. The molecule has 24 heavy (non-hydrogen) atoms. The van der Waals surface area contributed by atoms with E-state index in [4.69, 9.17) is 0 Å². The molecule has 0 bridgehead atoms. The molecule has 0 unspecified atom stereocenters. The zero-order valence-corrected chi connectivity index (χ0v) is 14.7. The number of rotatable bonds is 5. The maximum atomic E-state index is 12.3. The van der Waals surface area contributed by atoms with Gasteiger partial charge in [-0.25, -0.2) is 4.98 Å². The van der Waals surface area contributed by atoms with Gasteiger partial charge in [-0.2, -0.15) is 0 Å². The number of benzene rings is 2. The number of amides is 1. The molecule has 4 heteroatoms. The van der Waals surface area contributed by atoms with Crippen LogP contribution in [0.1, 0.15) is 38.8 Å². The summed E-state index contributed by atoms with van der Waals surface area (Å²) in [6.45, 7) is 4.09. The number of nitrogens with one attached hydrogen (secondary N) is 1. The molecule has 3 rings (SSSR count). The van der Waals surface area contributed by atoms with E-state index in [0.29, 0.717) is 10.7 Å². The van der Waals surface area contributed by atoms with Crippen LogP contribution in [0.25, 0.3) is 0 Å². The summed E-state index contributed by atoms with van der Waals surface area (Å²) < 4.78 is 0. The Morgan fingerprint density at radius 3 is 2.50 bits per heavy atom. The number of hydrogen-bond donors (Lipinski definition) is 1. The molecule has 1 heterocycles. The van der Waals surface area contributed by atoms with E-state index in [1.165, 1.54) is 22.5 Å². The molecule has 0 aliphatic heterocycles. The van der Waals surface area contributed by atoms with Crippen LogP contribution in [0.5, 0.6) is 0 Å². The third-order valence-electron chi connectivity index (χ3n) is 3.97. The van der Waals surface area contributed by atoms with Gasteiger partial charge in [0.1, 0.15) is 0 Å². The second-order valence-corrected chi connectivity index (χ2v) is 6.86. The van der Waals surface area contributed by atoms with Gasteiger partial charge in [0.2, 0.25) is 0 Å². The van der Waals surface area contributed by atoms with Gasteiger partial charge in [-0.15, -0.1) is 11.3 Å². The first kappa shape index (κ1) is 16.4. The van der Waals surface area contributed by atoms with E-state index in [2.05, 4.69) is 41.5 Å². The van der Waals surface area contributed by atoms with Crippen molar-refractivity contribution in [3.63, 3.8) is 0 Å². The van der Waals surface area contributed by atoms with Crippen LogP contribution >= 0.6 is 11.3 Å². The third-order valence-corrected chi connectivity index (χ3v) is 4.89. The average Bonchev–Trinajstić information content (AvgIpc) is 3.02. The number of aromatic nitrogens is 1. The molecule has 0 radical (unpaired) electrons. The van der Waals surface area contributed by atoms with Crippen molar-refractivity contribution < 1.29 is 4.79 Å². The minimum atomic E-state index is -0.110. The van der Waals surface area contributed by atoms with E-state index in [1.807, 2.05) is 37.4 Å². The molecule has 3 aromatic rings. The predicted molar refractivity (Wildman–Crippen MR) is 99.9 cm³/mol. The quantitative estimate of drug-likeness (QED) is 0.723. The van der Waals surface area contributed by atoms with Crippen molar-refractivity contribution in [3.05, 3.63) is 81.9 Å². The topological polar surface area (TPSA) is 42.0 Å². The van der Waals surface area contributed by atoms with Crippen LogP contribution in [0.2, 0.25) is 0 Å². The summed E-state index contributed by atoms with van der Waals surface area (Å²) in [5.74, 6) is -0.110. The highest BCUT2D eigenvalue weighted by Crippen LogP contribution is 2.22. The molecule has 3 nitrogen and oxygen atoms in total. The number of nitrogens with zero attached hydrogens (tertiary/aromatic N) is 1. The van der Waals surface area contributed by atoms with Gasteiger partial charge in [-0.3, -0.25) is 10.1 Å². The van der Waals surface area contributed by atoms with E-state index in [1.54, 1.807) is 0 Å². The predicted octanol–water partition coefficient (Wildman–Crippen LogP) is 4.86. The van der Waals surface area contributed by atoms with Crippen LogP contribution in [0.15, 0.2) is 54.7 Å². The fourth-order valence-electron chi connectivity index (χ4n) is 2.53. The zero-order valence-electron chi connectivity index (χ0n) is 13.9. The second-order valence-electron chi connectivity index (χ2n) is 5.75. The van der Waals surface area contributed by atoms with Crippen LogP contribution in [0.4, 0.5) is 5.13 Å². The van der Waals surface area contributed by atoms with Crippen molar-refractivity contribution in [2.75, 3.05) is 5.32 Å². The third kappa shape index (κ3) is 3.89. The number of carbonyl (C=O) groups is 1. The fraction of sp³-hybridized carbons (Fsp3) is 0.200. The summed E-state index contributed by atoms with van der Waals surface area (Å²) in [5.41, 5.74) is 4.24. The van der Waals surface area contributed by atoms with Gasteiger partial charge in [0.15, 0.2) is 5.13 Å². The van der Waals surface area contributed by atoms with Gasteiger partial charge < -0.3 is 0 Å². The van der Waals surface area contributed by atoms with Gasteiger partial charge in [-0.1, -0.05) is 49.4 Å². The fourth-order valence-corrected chi connectivity index (χ4v) is 3.37. The summed E-state index contributed by atoms with van der Waals surface area (Å²) in [5, 5.41) is 3.53. The molecular formula is C20H20N2OS. The molecule has 1 amide bonds. The van der Waals surface area contributed by atoms with Gasteiger partial charge in [0.25, 0.3) is 5.91 Å². The minimum absolute atomic E-state index is 0.110. The largest absolute Gasteiger partial charge is 0.298 e. The highest BCUT2D eigenvalue weighted by atomic mass is 32.1. The SMILES string of the molecule is CCc1ccc(Cc2cnc(NC(=O)c3ccccc3C)s2)cc1. The van der Waals surface area contributed by atoms with Gasteiger partial charge in [-0.05, 0) is 36.1 Å². The molecule has 0 fully saturated rings. The number of hydrogen-bond acceptors (Lipinski definition) is 3. The molecule has 0 aliphatic rings. The average molecular weight is 336 g/mol. The van der Waals surface area contributed by atoms with E-state index in [-0.39, 0.29) is 5.91 Å². The molecule has 0 spiro atoms. The monoisotopic (exact) mass is 336 g/mol. The first-order valence-electron chi connectivity index (χ1n) is 8.05. The maximum absolute atomic E-state index is 12.3. The molecule has 0 saturated carbocycles. The Hall–Kier alpha value is -2.46. The Labute approximate surface area is 146 Å². The number of anilines is 1. The lowest BCUT2D eigenvalue weighted by atomic mass is 10.1. The van der Waals surface area contributed by atoms with Gasteiger partial charge >= 0.3 is 0 Å². The van der Waals surface area contributed by atoms with Gasteiger partial charge in [0.05, 0.1) is 0 Å². The van der Waals surface area contributed by atoms with Crippen LogP contribution in [0.3, 0.4) is 0 Å². The maximum Gasteiger partial charge on any atom is 0.257 e. The van der Waals surface area contributed by atoms with E-state index in [0.717, 1.165) is 23.3 Å². The standard InChI is InChI=1S/C20H20N2OS/c1-3-15-8-10-16(11-9-15)12-17-13-21-20(24-17)22-19(23)18-7-5-4-6-14(18)2/h4-11,13H,3,12H2,1-2H3,(H,21,22,23). The molecule has 0 atom stereocenters. The van der Waals surface area contributed by atoms with Crippen molar-refractivity contribution in [2.45, 2.75) is 26.7 Å². The lowest BCUT2D eigenvalue weighted by molar-refractivity contribution is 0.102. The van der Waals surface area contributed by atoms with Crippen molar-refractivity contribution in [1.82, 2.24) is 4.98 Å². The summed E-state index contributed by atoms with van der Waals surface area (Å²) in [7, 11) is 0. The second kappa shape index (κ2) is 7.41. The molecule has 122 valence electrons. The Balaban J connectivity index is 1.67. The molecular weight excluding hydrogens is 316 g/mol. The molecule has 1 aromatic heterocycles. The van der Waals surface area contributed by atoms with Crippen LogP contribution in [0, 0.1) is 6.92 Å². The molecule has 2 aromatic carbocycles. The van der Waals surface area contributed by atoms with Crippen LogP contribution in [-0.2, 0) is 12.8 Å². The van der Waals surface area contributed by atoms with Crippen LogP contribution in [-0.4, -0.2) is 10.9 Å². The molecule has 1 N–H and O–H groups in total. The highest BCUT2D eigenvalue weighted by Gasteiger charge is 2.11. The Bertz CT molecular complexity index is 837. The normalized spacial score (nSPS) is 10.6. The van der Waals surface area contributed by atoms with E-state index < -0.39 is 0 Å². The summed E-state index contributed by atoms with van der Waals surface area (Å²) in [4.78, 5) is 17.8.